The zero-order chi connectivity index (χ0) is 23.5. The molecule has 2 aromatic heterocycles. The summed E-state index contributed by atoms with van der Waals surface area (Å²) in [5.74, 6) is 1.32. The minimum atomic E-state index is -0.357. The van der Waals surface area contributed by atoms with E-state index in [9.17, 15) is 4.79 Å². The lowest BCUT2D eigenvalue weighted by Crippen LogP contribution is -2.15. The van der Waals surface area contributed by atoms with Crippen molar-refractivity contribution in [2.75, 3.05) is 26.6 Å². The lowest BCUT2D eigenvalue weighted by atomic mass is 10.1. The molecule has 2 heterocycles. The predicted molar refractivity (Wildman–Crippen MR) is 128 cm³/mol. The van der Waals surface area contributed by atoms with Gasteiger partial charge in [0.1, 0.15) is 5.82 Å². The van der Waals surface area contributed by atoms with Crippen molar-refractivity contribution in [2.45, 2.75) is 6.92 Å². The first kappa shape index (κ1) is 22.6. The van der Waals surface area contributed by atoms with E-state index in [4.69, 9.17) is 25.8 Å². The van der Waals surface area contributed by atoms with Crippen molar-refractivity contribution in [3.63, 3.8) is 0 Å². The Labute approximate surface area is 199 Å². The number of nitrogens with zero attached hydrogens (tertiary/aromatic N) is 3. The molecule has 0 atom stereocenters. The van der Waals surface area contributed by atoms with Gasteiger partial charge in [0.25, 0.3) is 5.91 Å². The summed E-state index contributed by atoms with van der Waals surface area (Å²) >= 11 is 7.40. The maximum Gasteiger partial charge on any atom is 0.257 e. The third-order valence-electron chi connectivity index (χ3n) is 4.81. The molecule has 0 fully saturated rings. The molecule has 0 aliphatic heterocycles. The average Bonchev–Trinajstić information content (AvgIpc) is 3.45. The number of amides is 1. The molecule has 4 aromatic rings. The minimum Gasteiger partial charge on any atom is -0.493 e. The molecule has 0 saturated carbocycles. The first-order valence-corrected chi connectivity index (χ1v) is 11.1. The Hall–Kier alpha value is -3.56. The molecular weight excluding hydrogens is 464 g/mol. The molecule has 0 spiro atoms. The molecule has 0 aliphatic rings. The van der Waals surface area contributed by atoms with Crippen LogP contribution in [-0.2, 0) is 0 Å². The number of halogens is 1. The number of methoxy groups -OCH3 is 3. The fourth-order valence-electron chi connectivity index (χ4n) is 3.25. The zero-order valence-corrected chi connectivity index (χ0v) is 20.0. The molecule has 170 valence electrons. The average molecular weight is 485 g/mol. The quantitative estimate of drug-likeness (QED) is 0.386. The SMILES string of the molecule is COc1cc(C(=O)Nc2cc(C)nn2-c2nc(-c3ccc(Cl)cc3)cs2)cc(OC)c1OC. The first-order chi connectivity index (χ1) is 15.9. The number of thiazole rings is 1. The number of carbonyl (C=O) groups is 1. The van der Waals surface area contributed by atoms with Crippen molar-refractivity contribution in [3.8, 4) is 33.6 Å². The van der Waals surface area contributed by atoms with E-state index >= 15 is 0 Å². The number of carbonyl (C=O) groups excluding carboxylic acids is 1. The molecule has 0 unspecified atom stereocenters. The third-order valence-corrected chi connectivity index (χ3v) is 5.88. The van der Waals surface area contributed by atoms with Crippen LogP contribution in [0.25, 0.3) is 16.4 Å². The Morgan fingerprint density at radius 2 is 1.70 bits per heavy atom. The maximum absolute atomic E-state index is 13.1. The number of ether oxygens (including phenoxy) is 3. The monoisotopic (exact) mass is 484 g/mol. The van der Waals surface area contributed by atoms with Gasteiger partial charge in [0, 0.05) is 27.6 Å². The fraction of sp³-hybridized carbons (Fsp3) is 0.174. The summed E-state index contributed by atoms with van der Waals surface area (Å²) < 4.78 is 17.6. The summed E-state index contributed by atoms with van der Waals surface area (Å²) in [6, 6.07) is 12.4. The number of anilines is 1. The number of rotatable bonds is 7. The zero-order valence-electron chi connectivity index (χ0n) is 18.4. The topological polar surface area (TPSA) is 87.5 Å². The molecule has 0 aliphatic carbocycles. The van der Waals surface area contributed by atoms with Crippen molar-refractivity contribution < 1.29 is 19.0 Å². The van der Waals surface area contributed by atoms with E-state index in [1.165, 1.54) is 32.7 Å². The van der Waals surface area contributed by atoms with Gasteiger partial charge in [0.05, 0.1) is 32.7 Å². The van der Waals surface area contributed by atoms with Crippen LogP contribution in [0.3, 0.4) is 0 Å². The van der Waals surface area contributed by atoms with Crippen LogP contribution in [-0.4, -0.2) is 42.0 Å². The summed E-state index contributed by atoms with van der Waals surface area (Å²) in [7, 11) is 4.50. The second-order valence-corrected chi connectivity index (χ2v) is 8.25. The van der Waals surface area contributed by atoms with Gasteiger partial charge in [-0.2, -0.15) is 9.78 Å². The number of hydrogen-bond acceptors (Lipinski definition) is 7. The van der Waals surface area contributed by atoms with E-state index in [0.29, 0.717) is 38.8 Å². The Kier molecular flexibility index (Phi) is 6.52. The van der Waals surface area contributed by atoms with E-state index < -0.39 is 0 Å². The van der Waals surface area contributed by atoms with E-state index in [1.54, 1.807) is 22.9 Å². The van der Waals surface area contributed by atoms with Gasteiger partial charge in [0.15, 0.2) is 11.5 Å². The summed E-state index contributed by atoms with van der Waals surface area (Å²) in [5, 5.41) is 10.6. The summed E-state index contributed by atoms with van der Waals surface area (Å²) in [6.45, 7) is 1.85. The molecule has 8 nitrogen and oxygen atoms in total. The Morgan fingerprint density at radius 1 is 1.03 bits per heavy atom. The van der Waals surface area contributed by atoms with Crippen molar-refractivity contribution in [1.29, 1.82) is 0 Å². The highest BCUT2D eigenvalue weighted by Gasteiger charge is 2.19. The molecule has 1 N–H and O–H groups in total. The van der Waals surface area contributed by atoms with Gasteiger partial charge in [-0.05, 0) is 31.2 Å². The number of hydrogen-bond donors (Lipinski definition) is 1. The standard InChI is InChI=1S/C23H21ClN4O4S/c1-13-9-20(26-22(29)15-10-18(30-2)21(32-4)19(11-15)31-3)28(27-13)23-25-17(12-33-23)14-5-7-16(24)8-6-14/h5-12H,1-4H3,(H,26,29). The molecule has 0 saturated heterocycles. The van der Waals surface area contributed by atoms with Gasteiger partial charge in [0.2, 0.25) is 10.9 Å². The summed E-state index contributed by atoms with van der Waals surface area (Å²) in [4.78, 5) is 17.7. The van der Waals surface area contributed by atoms with Crippen LogP contribution in [0.4, 0.5) is 5.82 Å². The lowest BCUT2D eigenvalue weighted by molar-refractivity contribution is 0.102. The van der Waals surface area contributed by atoms with Gasteiger partial charge in [-0.3, -0.25) is 4.79 Å². The summed E-state index contributed by atoms with van der Waals surface area (Å²) in [5.41, 5.74) is 2.81. The second-order valence-electron chi connectivity index (χ2n) is 6.97. The molecule has 0 bridgehead atoms. The van der Waals surface area contributed by atoms with Crippen molar-refractivity contribution >= 4 is 34.7 Å². The van der Waals surface area contributed by atoms with Crippen LogP contribution in [0, 0.1) is 6.92 Å². The van der Waals surface area contributed by atoms with Crippen LogP contribution in [0.2, 0.25) is 5.02 Å². The molecule has 0 radical (unpaired) electrons. The highest BCUT2D eigenvalue weighted by molar-refractivity contribution is 7.12. The first-order valence-electron chi connectivity index (χ1n) is 9.83. The van der Waals surface area contributed by atoms with Gasteiger partial charge < -0.3 is 19.5 Å². The summed E-state index contributed by atoms with van der Waals surface area (Å²) in [6.07, 6.45) is 0. The van der Waals surface area contributed by atoms with Crippen molar-refractivity contribution in [1.82, 2.24) is 14.8 Å². The van der Waals surface area contributed by atoms with Gasteiger partial charge in [-0.1, -0.05) is 23.7 Å². The Morgan fingerprint density at radius 3 is 2.30 bits per heavy atom. The molecule has 2 aromatic carbocycles. The number of aryl methyl sites for hydroxylation is 1. The number of benzene rings is 2. The highest BCUT2D eigenvalue weighted by atomic mass is 35.5. The number of nitrogens with one attached hydrogen (secondary N) is 1. The highest BCUT2D eigenvalue weighted by Crippen LogP contribution is 2.38. The smallest absolute Gasteiger partial charge is 0.257 e. The molecular formula is C23H21ClN4O4S. The van der Waals surface area contributed by atoms with Gasteiger partial charge in [-0.25, -0.2) is 4.98 Å². The van der Waals surface area contributed by atoms with Gasteiger partial charge in [-0.15, -0.1) is 11.3 Å². The molecule has 1 amide bonds. The van der Waals surface area contributed by atoms with Crippen LogP contribution < -0.4 is 19.5 Å². The van der Waals surface area contributed by atoms with Crippen molar-refractivity contribution in [3.05, 3.63) is 64.1 Å². The maximum atomic E-state index is 13.1. The number of aromatic nitrogens is 3. The van der Waals surface area contributed by atoms with Crippen LogP contribution >= 0.6 is 22.9 Å². The lowest BCUT2D eigenvalue weighted by Gasteiger charge is -2.14. The molecule has 4 rings (SSSR count). The molecule has 10 heteroatoms. The van der Waals surface area contributed by atoms with E-state index in [2.05, 4.69) is 15.4 Å². The van der Waals surface area contributed by atoms with E-state index in [0.717, 1.165) is 17.0 Å². The predicted octanol–water partition coefficient (Wildman–Crippen LogP) is 5.24. The van der Waals surface area contributed by atoms with Crippen LogP contribution in [0.15, 0.2) is 47.8 Å². The van der Waals surface area contributed by atoms with Crippen molar-refractivity contribution in [2.24, 2.45) is 0 Å². The van der Waals surface area contributed by atoms with E-state index in [-0.39, 0.29) is 5.91 Å². The third kappa shape index (κ3) is 4.64. The normalized spacial score (nSPS) is 10.7. The van der Waals surface area contributed by atoms with Gasteiger partial charge >= 0.3 is 0 Å². The van der Waals surface area contributed by atoms with E-state index in [1.807, 2.05) is 36.6 Å². The Balaban J connectivity index is 1.64. The minimum absolute atomic E-state index is 0.343. The van der Waals surface area contributed by atoms with Crippen LogP contribution in [0.1, 0.15) is 16.1 Å². The second kappa shape index (κ2) is 9.51. The Bertz CT molecular complexity index is 1280. The largest absolute Gasteiger partial charge is 0.493 e. The fourth-order valence-corrected chi connectivity index (χ4v) is 4.17. The van der Waals surface area contributed by atoms with Crippen LogP contribution in [0.5, 0.6) is 17.2 Å². The molecule has 33 heavy (non-hydrogen) atoms.